The van der Waals surface area contributed by atoms with E-state index in [-0.39, 0.29) is 18.0 Å². The molecule has 1 aromatic rings. The zero-order valence-electron chi connectivity index (χ0n) is 8.74. The number of halogens is 1. The Bertz CT molecular complexity index is 443. The van der Waals surface area contributed by atoms with Crippen LogP contribution in [0.1, 0.15) is 12.5 Å². The third-order valence-corrected chi connectivity index (χ3v) is 1.80. The second-order valence-corrected chi connectivity index (χ2v) is 2.94. The van der Waals surface area contributed by atoms with Gasteiger partial charge in [-0.25, -0.2) is 9.18 Å². The Morgan fingerprint density at radius 3 is 2.62 bits per heavy atom. The van der Waals surface area contributed by atoms with Crippen molar-refractivity contribution in [2.75, 3.05) is 6.61 Å². The highest BCUT2D eigenvalue weighted by Gasteiger charge is 2.09. The maximum absolute atomic E-state index is 12.6. The molecule has 1 rings (SSSR count). The number of rotatable bonds is 3. The molecule has 0 aliphatic heterocycles. The van der Waals surface area contributed by atoms with E-state index in [1.54, 1.807) is 13.0 Å². The van der Waals surface area contributed by atoms with Gasteiger partial charge in [-0.2, -0.15) is 5.26 Å². The third-order valence-electron chi connectivity index (χ3n) is 1.80. The molecule has 0 amide bonds. The van der Waals surface area contributed by atoms with Crippen LogP contribution in [0.4, 0.5) is 4.39 Å². The normalized spacial score (nSPS) is 10.7. The highest BCUT2D eigenvalue weighted by Crippen LogP contribution is 2.09. The summed E-state index contributed by atoms with van der Waals surface area (Å²) in [4.78, 5) is 11.3. The Labute approximate surface area is 92.8 Å². The van der Waals surface area contributed by atoms with Crippen molar-refractivity contribution in [3.05, 3.63) is 41.2 Å². The van der Waals surface area contributed by atoms with Crippen molar-refractivity contribution >= 4 is 12.0 Å². The molecule has 16 heavy (non-hydrogen) atoms. The van der Waals surface area contributed by atoms with E-state index >= 15 is 0 Å². The lowest BCUT2D eigenvalue weighted by Crippen LogP contribution is -2.05. The summed E-state index contributed by atoms with van der Waals surface area (Å²) < 4.78 is 17.3. The molecule has 0 radical (unpaired) electrons. The van der Waals surface area contributed by atoms with Gasteiger partial charge in [0.2, 0.25) is 0 Å². The molecule has 0 saturated carbocycles. The highest BCUT2D eigenvalue weighted by atomic mass is 19.1. The summed E-state index contributed by atoms with van der Waals surface area (Å²) in [6, 6.07) is 7.21. The van der Waals surface area contributed by atoms with Gasteiger partial charge in [0.15, 0.2) is 0 Å². The molecule has 0 unspecified atom stereocenters. The van der Waals surface area contributed by atoms with Gasteiger partial charge in [-0.1, -0.05) is 12.1 Å². The Morgan fingerprint density at radius 1 is 1.50 bits per heavy atom. The smallest absolute Gasteiger partial charge is 0.348 e. The maximum atomic E-state index is 12.6. The third kappa shape index (κ3) is 3.21. The van der Waals surface area contributed by atoms with E-state index in [9.17, 15) is 9.18 Å². The van der Waals surface area contributed by atoms with Crippen LogP contribution in [0.5, 0.6) is 0 Å². The van der Waals surface area contributed by atoms with Gasteiger partial charge in [-0.05, 0) is 30.7 Å². The van der Waals surface area contributed by atoms with Crippen molar-refractivity contribution in [2.24, 2.45) is 0 Å². The van der Waals surface area contributed by atoms with E-state index in [4.69, 9.17) is 5.26 Å². The van der Waals surface area contributed by atoms with E-state index in [1.165, 1.54) is 30.3 Å². The minimum atomic E-state index is -0.672. The number of nitriles is 1. The lowest BCUT2D eigenvalue weighted by atomic mass is 10.1. The van der Waals surface area contributed by atoms with Crippen molar-refractivity contribution in [2.45, 2.75) is 6.92 Å². The molecule has 0 bridgehead atoms. The van der Waals surface area contributed by atoms with Crippen LogP contribution < -0.4 is 0 Å². The zero-order chi connectivity index (χ0) is 12.0. The molecule has 0 N–H and O–H groups in total. The molecule has 0 heterocycles. The maximum Gasteiger partial charge on any atom is 0.348 e. The molecule has 82 valence electrons. The van der Waals surface area contributed by atoms with Gasteiger partial charge in [0.25, 0.3) is 0 Å². The van der Waals surface area contributed by atoms with Crippen molar-refractivity contribution in [1.82, 2.24) is 0 Å². The van der Waals surface area contributed by atoms with Gasteiger partial charge in [-0.3, -0.25) is 0 Å². The molecule has 4 heteroatoms. The monoisotopic (exact) mass is 219 g/mol. The van der Waals surface area contributed by atoms with Gasteiger partial charge in [0, 0.05) is 0 Å². The standard InChI is InChI=1S/C12H10FNO2/c1-2-16-12(15)10(8-14)7-9-3-5-11(13)6-4-9/h3-7H,2H2,1H3. The summed E-state index contributed by atoms with van der Waals surface area (Å²) in [5.74, 6) is -1.04. The molecule has 0 aliphatic rings. The average molecular weight is 219 g/mol. The molecule has 0 spiro atoms. The largest absolute Gasteiger partial charge is 0.462 e. The minimum absolute atomic E-state index is 0.103. The Hall–Kier alpha value is -2.15. The predicted molar refractivity (Wildman–Crippen MR) is 56.6 cm³/mol. The van der Waals surface area contributed by atoms with E-state index in [0.29, 0.717) is 5.56 Å². The number of ether oxygens (including phenoxy) is 1. The Kier molecular flexibility index (Phi) is 4.22. The summed E-state index contributed by atoms with van der Waals surface area (Å²) >= 11 is 0. The summed E-state index contributed by atoms with van der Waals surface area (Å²) in [5.41, 5.74) is 0.472. The van der Waals surface area contributed by atoms with Gasteiger partial charge in [0.05, 0.1) is 6.61 Å². The fraction of sp³-hybridized carbons (Fsp3) is 0.167. The molecule has 3 nitrogen and oxygen atoms in total. The fourth-order valence-electron chi connectivity index (χ4n) is 1.07. The van der Waals surface area contributed by atoms with E-state index < -0.39 is 5.97 Å². The van der Waals surface area contributed by atoms with Crippen LogP contribution >= 0.6 is 0 Å². The summed E-state index contributed by atoms with van der Waals surface area (Å²) in [7, 11) is 0. The Morgan fingerprint density at radius 2 is 2.12 bits per heavy atom. The first-order chi connectivity index (χ1) is 7.67. The van der Waals surface area contributed by atoms with E-state index in [2.05, 4.69) is 4.74 Å². The number of carbonyl (C=O) groups is 1. The van der Waals surface area contributed by atoms with Crippen LogP contribution in [0.25, 0.3) is 6.08 Å². The SMILES string of the molecule is CCOC(=O)C(C#N)=Cc1ccc(F)cc1. The Balaban J connectivity index is 2.92. The van der Waals surface area contributed by atoms with Gasteiger partial charge in [-0.15, -0.1) is 0 Å². The summed E-state index contributed by atoms with van der Waals surface area (Å²) in [6.07, 6.45) is 1.36. The number of hydrogen-bond acceptors (Lipinski definition) is 3. The predicted octanol–water partition coefficient (Wildman–Crippen LogP) is 2.30. The average Bonchev–Trinajstić information content (AvgIpc) is 2.28. The van der Waals surface area contributed by atoms with Gasteiger partial charge in [0.1, 0.15) is 17.5 Å². The lowest BCUT2D eigenvalue weighted by molar-refractivity contribution is -0.137. The topological polar surface area (TPSA) is 50.1 Å². The van der Waals surface area contributed by atoms with Crippen molar-refractivity contribution in [3.63, 3.8) is 0 Å². The highest BCUT2D eigenvalue weighted by molar-refractivity contribution is 5.97. The van der Waals surface area contributed by atoms with Gasteiger partial charge >= 0.3 is 5.97 Å². The second-order valence-electron chi connectivity index (χ2n) is 2.94. The lowest BCUT2D eigenvalue weighted by Gasteiger charge is -1.99. The van der Waals surface area contributed by atoms with Crippen LogP contribution in [0.2, 0.25) is 0 Å². The molecular weight excluding hydrogens is 209 g/mol. The number of benzene rings is 1. The number of nitrogens with zero attached hydrogens (tertiary/aromatic N) is 1. The second kappa shape index (κ2) is 5.66. The van der Waals surface area contributed by atoms with Crippen molar-refractivity contribution < 1.29 is 13.9 Å². The molecule has 0 aromatic heterocycles. The number of hydrogen-bond donors (Lipinski definition) is 0. The molecule has 0 atom stereocenters. The molecule has 0 aliphatic carbocycles. The quantitative estimate of drug-likeness (QED) is 0.445. The summed E-state index contributed by atoms with van der Waals surface area (Å²) in [6.45, 7) is 1.87. The van der Waals surface area contributed by atoms with Crippen LogP contribution in [0, 0.1) is 17.1 Å². The number of esters is 1. The van der Waals surface area contributed by atoms with E-state index in [1.807, 2.05) is 0 Å². The zero-order valence-corrected chi connectivity index (χ0v) is 8.74. The first-order valence-electron chi connectivity index (χ1n) is 4.72. The van der Waals surface area contributed by atoms with Crippen LogP contribution in [0.15, 0.2) is 29.8 Å². The molecule has 1 aromatic carbocycles. The molecule has 0 fully saturated rings. The molecular formula is C12H10FNO2. The van der Waals surface area contributed by atoms with Gasteiger partial charge < -0.3 is 4.74 Å². The fourth-order valence-corrected chi connectivity index (χ4v) is 1.07. The van der Waals surface area contributed by atoms with Crippen LogP contribution in [-0.2, 0) is 9.53 Å². The van der Waals surface area contributed by atoms with Crippen LogP contribution in [0.3, 0.4) is 0 Å². The van der Waals surface area contributed by atoms with Crippen LogP contribution in [-0.4, -0.2) is 12.6 Å². The van der Waals surface area contributed by atoms with Crippen molar-refractivity contribution in [3.8, 4) is 6.07 Å². The van der Waals surface area contributed by atoms with E-state index in [0.717, 1.165) is 0 Å². The first kappa shape index (κ1) is 11.9. The summed E-state index contributed by atoms with van der Waals surface area (Å²) in [5, 5.41) is 8.75. The first-order valence-corrected chi connectivity index (χ1v) is 4.72. The van der Waals surface area contributed by atoms with Crippen molar-refractivity contribution in [1.29, 1.82) is 5.26 Å². The number of carbonyl (C=O) groups excluding carboxylic acids is 1. The molecule has 0 saturated heterocycles. The minimum Gasteiger partial charge on any atom is -0.462 e.